The zero-order valence-corrected chi connectivity index (χ0v) is 13.0. The third-order valence-electron chi connectivity index (χ3n) is 3.11. The Morgan fingerprint density at radius 3 is 2.62 bits per heavy atom. The molecule has 1 rings (SSSR count). The molecule has 0 unspecified atom stereocenters. The molecule has 6 nitrogen and oxygen atoms in total. The molecule has 1 aromatic carbocycles. The Balaban J connectivity index is 3.07. The fraction of sp³-hybridized carbons (Fsp3) is 0.533. The van der Waals surface area contributed by atoms with Crippen molar-refractivity contribution >= 4 is 17.3 Å². The van der Waals surface area contributed by atoms with Crippen molar-refractivity contribution < 1.29 is 9.72 Å². The van der Waals surface area contributed by atoms with Crippen LogP contribution in [0, 0.1) is 10.1 Å². The van der Waals surface area contributed by atoms with E-state index in [1.807, 2.05) is 25.8 Å². The Morgan fingerprint density at radius 1 is 1.43 bits per heavy atom. The molecule has 0 aromatic heterocycles. The van der Waals surface area contributed by atoms with Crippen molar-refractivity contribution in [1.82, 2.24) is 5.32 Å². The quantitative estimate of drug-likeness (QED) is 0.619. The summed E-state index contributed by atoms with van der Waals surface area (Å²) >= 11 is 0. The summed E-state index contributed by atoms with van der Waals surface area (Å²) in [5.74, 6) is -0.295. The average molecular weight is 293 g/mol. The van der Waals surface area contributed by atoms with Crippen molar-refractivity contribution in [1.29, 1.82) is 0 Å². The first kappa shape index (κ1) is 16.9. The molecule has 0 saturated carbocycles. The van der Waals surface area contributed by atoms with Crippen LogP contribution >= 0.6 is 0 Å². The van der Waals surface area contributed by atoms with Crippen molar-refractivity contribution in [3.8, 4) is 0 Å². The van der Waals surface area contributed by atoms with Crippen LogP contribution in [-0.4, -0.2) is 30.5 Å². The van der Waals surface area contributed by atoms with E-state index in [1.54, 1.807) is 12.1 Å². The molecule has 0 aliphatic heterocycles. The van der Waals surface area contributed by atoms with Gasteiger partial charge in [0.25, 0.3) is 11.6 Å². The van der Waals surface area contributed by atoms with Crippen LogP contribution in [0.4, 0.5) is 11.4 Å². The highest BCUT2D eigenvalue weighted by Gasteiger charge is 2.20. The summed E-state index contributed by atoms with van der Waals surface area (Å²) in [5.41, 5.74) is 0.808. The Hall–Kier alpha value is -2.11. The second-order valence-electron chi connectivity index (χ2n) is 5.36. The fourth-order valence-electron chi connectivity index (χ4n) is 1.99. The van der Waals surface area contributed by atoms with Gasteiger partial charge in [0.05, 0.1) is 4.92 Å². The number of benzene rings is 1. The zero-order valence-electron chi connectivity index (χ0n) is 13.0. The minimum atomic E-state index is -0.441. The van der Waals surface area contributed by atoms with Crippen molar-refractivity contribution in [2.75, 3.05) is 18.5 Å². The van der Waals surface area contributed by atoms with Crippen LogP contribution in [-0.2, 0) is 0 Å². The number of carbonyl (C=O) groups is 1. The topological polar surface area (TPSA) is 75.5 Å². The molecule has 0 aliphatic carbocycles. The molecular formula is C15H23N3O3. The van der Waals surface area contributed by atoms with E-state index in [0.717, 1.165) is 19.4 Å². The first-order valence-corrected chi connectivity index (χ1v) is 7.17. The summed E-state index contributed by atoms with van der Waals surface area (Å²) in [7, 11) is 1.83. The molecule has 0 aliphatic rings. The van der Waals surface area contributed by atoms with Crippen LogP contribution in [0.2, 0.25) is 0 Å². The lowest BCUT2D eigenvalue weighted by atomic mass is 10.1. The van der Waals surface area contributed by atoms with Gasteiger partial charge in [0, 0.05) is 31.3 Å². The SMILES string of the molecule is CCCCN(C)c1ccc(C(=O)NC(C)C)cc1[N+](=O)[O-]. The summed E-state index contributed by atoms with van der Waals surface area (Å²) in [4.78, 5) is 24.6. The van der Waals surface area contributed by atoms with E-state index in [2.05, 4.69) is 12.2 Å². The first-order chi connectivity index (χ1) is 9.86. The highest BCUT2D eigenvalue weighted by Crippen LogP contribution is 2.28. The monoisotopic (exact) mass is 293 g/mol. The molecule has 0 radical (unpaired) electrons. The fourth-order valence-corrected chi connectivity index (χ4v) is 1.99. The van der Waals surface area contributed by atoms with Crippen LogP contribution in [0.1, 0.15) is 44.0 Å². The highest BCUT2D eigenvalue weighted by atomic mass is 16.6. The Labute approximate surface area is 125 Å². The molecule has 1 amide bonds. The lowest BCUT2D eigenvalue weighted by Crippen LogP contribution is -2.30. The van der Waals surface area contributed by atoms with Crippen molar-refractivity contribution in [3.63, 3.8) is 0 Å². The minimum Gasteiger partial charge on any atom is -0.369 e. The van der Waals surface area contributed by atoms with Gasteiger partial charge in [-0.25, -0.2) is 0 Å². The molecule has 0 heterocycles. The molecule has 21 heavy (non-hydrogen) atoms. The third-order valence-corrected chi connectivity index (χ3v) is 3.11. The van der Waals surface area contributed by atoms with Crippen LogP contribution in [0.3, 0.4) is 0 Å². The summed E-state index contributed by atoms with van der Waals surface area (Å²) in [5, 5.41) is 14.0. The standard InChI is InChI=1S/C15H23N3O3/c1-5-6-9-17(4)13-8-7-12(10-14(13)18(20)21)15(19)16-11(2)3/h7-8,10-11H,5-6,9H2,1-4H3,(H,16,19). The van der Waals surface area contributed by atoms with E-state index in [0.29, 0.717) is 11.3 Å². The van der Waals surface area contributed by atoms with Gasteiger partial charge in [-0.2, -0.15) is 0 Å². The van der Waals surface area contributed by atoms with Gasteiger partial charge >= 0.3 is 0 Å². The molecule has 116 valence electrons. The number of nitrogens with one attached hydrogen (secondary N) is 1. The van der Waals surface area contributed by atoms with E-state index in [4.69, 9.17) is 0 Å². The minimum absolute atomic E-state index is 0.0107. The molecule has 1 N–H and O–H groups in total. The van der Waals surface area contributed by atoms with E-state index >= 15 is 0 Å². The second kappa shape index (κ2) is 7.61. The van der Waals surface area contributed by atoms with Gasteiger partial charge in [0.15, 0.2) is 0 Å². The van der Waals surface area contributed by atoms with Crippen LogP contribution in [0.5, 0.6) is 0 Å². The largest absolute Gasteiger partial charge is 0.369 e. The summed E-state index contributed by atoms with van der Waals surface area (Å²) in [6, 6.07) is 4.60. The number of nitrogens with zero attached hydrogens (tertiary/aromatic N) is 2. The highest BCUT2D eigenvalue weighted by molar-refractivity contribution is 5.95. The molecular weight excluding hydrogens is 270 g/mol. The molecule has 0 bridgehead atoms. The van der Waals surface area contributed by atoms with Gasteiger partial charge < -0.3 is 10.2 Å². The number of rotatable bonds is 7. The number of nitro groups is 1. The lowest BCUT2D eigenvalue weighted by molar-refractivity contribution is -0.384. The van der Waals surface area contributed by atoms with Crippen LogP contribution in [0.25, 0.3) is 0 Å². The number of anilines is 1. The van der Waals surface area contributed by atoms with Crippen LogP contribution in [0.15, 0.2) is 18.2 Å². The maximum absolute atomic E-state index is 11.9. The van der Waals surface area contributed by atoms with E-state index in [-0.39, 0.29) is 17.6 Å². The Kier molecular flexibility index (Phi) is 6.14. The Morgan fingerprint density at radius 2 is 2.10 bits per heavy atom. The number of unbranched alkanes of at least 4 members (excludes halogenated alkanes) is 1. The maximum atomic E-state index is 11.9. The van der Waals surface area contributed by atoms with Crippen molar-refractivity contribution in [2.24, 2.45) is 0 Å². The molecule has 0 saturated heterocycles. The third kappa shape index (κ3) is 4.73. The molecule has 1 aromatic rings. The van der Waals surface area contributed by atoms with E-state index < -0.39 is 4.92 Å². The number of hydrogen-bond acceptors (Lipinski definition) is 4. The summed E-state index contributed by atoms with van der Waals surface area (Å²) in [6.07, 6.45) is 1.98. The molecule has 0 fully saturated rings. The lowest BCUT2D eigenvalue weighted by Gasteiger charge is -2.19. The van der Waals surface area contributed by atoms with Gasteiger partial charge in [0.2, 0.25) is 0 Å². The van der Waals surface area contributed by atoms with Crippen LogP contribution < -0.4 is 10.2 Å². The van der Waals surface area contributed by atoms with Gasteiger partial charge in [-0.15, -0.1) is 0 Å². The van der Waals surface area contributed by atoms with E-state index in [1.165, 1.54) is 6.07 Å². The van der Waals surface area contributed by atoms with Gasteiger partial charge in [-0.1, -0.05) is 13.3 Å². The van der Waals surface area contributed by atoms with Gasteiger partial charge in [-0.3, -0.25) is 14.9 Å². The van der Waals surface area contributed by atoms with Crippen molar-refractivity contribution in [2.45, 2.75) is 39.7 Å². The van der Waals surface area contributed by atoms with E-state index in [9.17, 15) is 14.9 Å². The number of nitro benzene ring substituents is 1. The van der Waals surface area contributed by atoms with Gasteiger partial charge in [-0.05, 0) is 32.4 Å². The zero-order chi connectivity index (χ0) is 16.0. The smallest absolute Gasteiger partial charge is 0.293 e. The summed E-state index contributed by atoms with van der Waals surface area (Å²) < 4.78 is 0. The predicted molar refractivity (Wildman–Crippen MR) is 83.9 cm³/mol. The molecule has 0 atom stereocenters. The number of carbonyl (C=O) groups excluding carboxylic acids is 1. The molecule has 0 spiro atoms. The maximum Gasteiger partial charge on any atom is 0.293 e. The number of hydrogen-bond donors (Lipinski definition) is 1. The molecule has 6 heteroatoms. The predicted octanol–water partition coefficient (Wildman–Crippen LogP) is 2.97. The average Bonchev–Trinajstić information content (AvgIpc) is 2.43. The number of amides is 1. The van der Waals surface area contributed by atoms with Gasteiger partial charge in [0.1, 0.15) is 5.69 Å². The normalized spacial score (nSPS) is 10.5. The van der Waals surface area contributed by atoms with Crippen molar-refractivity contribution in [3.05, 3.63) is 33.9 Å². The first-order valence-electron chi connectivity index (χ1n) is 7.17. The second-order valence-corrected chi connectivity index (χ2v) is 5.36. The summed E-state index contributed by atoms with van der Waals surface area (Å²) in [6.45, 7) is 6.51. The Bertz CT molecular complexity index is 515.